The fourth-order valence-electron chi connectivity index (χ4n) is 3.25. The third-order valence-electron chi connectivity index (χ3n) is 4.64. The average molecular weight is 395 g/mol. The smallest absolute Gasteiger partial charge is 0.234 e. The highest BCUT2D eigenvalue weighted by molar-refractivity contribution is 7.99. The zero-order chi connectivity index (χ0) is 19.3. The van der Waals surface area contributed by atoms with Crippen LogP contribution in [0.4, 0.5) is 11.4 Å². The summed E-state index contributed by atoms with van der Waals surface area (Å²) in [6.07, 6.45) is 2.50. The standard InChI is InChI=1S/C20H22N6OS/c1-15-5-4-6-18(13-15)26-20(22-23-24-26)28-14-19(27)21-16-7-9-17(10-8-16)25-11-2-3-12-25/h4-10,13H,2-3,11-12,14H2,1H3,(H,21,27). The number of rotatable bonds is 6. The van der Waals surface area contributed by atoms with Crippen LogP contribution in [0, 0.1) is 6.92 Å². The van der Waals surface area contributed by atoms with Crippen molar-refractivity contribution in [3.8, 4) is 5.69 Å². The minimum Gasteiger partial charge on any atom is -0.372 e. The molecule has 1 aromatic heterocycles. The van der Waals surface area contributed by atoms with Gasteiger partial charge in [-0.3, -0.25) is 4.79 Å². The number of hydrogen-bond donors (Lipinski definition) is 1. The number of aromatic nitrogens is 4. The summed E-state index contributed by atoms with van der Waals surface area (Å²) >= 11 is 1.31. The third-order valence-corrected chi connectivity index (χ3v) is 5.56. The summed E-state index contributed by atoms with van der Waals surface area (Å²) in [5, 5.41) is 15.3. The summed E-state index contributed by atoms with van der Waals surface area (Å²) in [4.78, 5) is 14.7. The average Bonchev–Trinajstić information content (AvgIpc) is 3.39. The first-order valence-corrected chi connectivity index (χ1v) is 10.3. The van der Waals surface area contributed by atoms with Crippen LogP contribution < -0.4 is 10.2 Å². The van der Waals surface area contributed by atoms with Crippen LogP contribution in [-0.2, 0) is 4.79 Å². The Hall–Kier alpha value is -2.87. The minimum absolute atomic E-state index is 0.0854. The molecule has 0 spiro atoms. The lowest BCUT2D eigenvalue weighted by molar-refractivity contribution is -0.113. The quantitative estimate of drug-likeness (QED) is 0.647. The van der Waals surface area contributed by atoms with Gasteiger partial charge in [-0.15, -0.1) is 5.10 Å². The van der Waals surface area contributed by atoms with Gasteiger partial charge in [0.1, 0.15) is 0 Å². The summed E-state index contributed by atoms with van der Waals surface area (Å²) in [5.41, 5.74) is 4.01. The molecule has 2 heterocycles. The van der Waals surface area contributed by atoms with E-state index in [-0.39, 0.29) is 11.7 Å². The zero-order valence-corrected chi connectivity index (χ0v) is 16.5. The molecule has 1 fully saturated rings. The number of aryl methyl sites for hydroxylation is 1. The molecule has 1 aliphatic heterocycles. The summed E-state index contributed by atoms with van der Waals surface area (Å²) in [7, 11) is 0. The van der Waals surface area contributed by atoms with Gasteiger partial charge >= 0.3 is 0 Å². The van der Waals surface area contributed by atoms with Crippen molar-refractivity contribution in [3.05, 3.63) is 54.1 Å². The van der Waals surface area contributed by atoms with Crippen molar-refractivity contribution in [1.82, 2.24) is 20.2 Å². The monoisotopic (exact) mass is 394 g/mol. The second-order valence-corrected chi connectivity index (χ2v) is 7.73. The van der Waals surface area contributed by atoms with Crippen molar-refractivity contribution >= 4 is 29.0 Å². The Bertz CT molecular complexity index is 949. The lowest BCUT2D eigenvalue weighted by atomic mass is 10.2. The Kier molecular flexibility index (Phi) is 5.57. The van der Waals surface area contributed by atoms with Gasteiger partial charge in [-0.2, -0.15) is 4.68 Å². The van der Waals surface area contributed by atoms with E-state index in [1.165, 1.54) is 30.3 Å². The largest absolute Gasteiger partial charge is 0.372 e. The lowest BCUT2D eigenvalue weighted by Crippen LogP contribution is -2.18. The van der Waals surface area contributed by atoms with Gasteiger partial charge in [-0.25, -0.2) is 0 Å². The van der Waals surface area contributed by atoms with Crippen LogP contribution in [0.15, 0.2) is 53.7 Å². The van der Waals surface area contributed by atoms with Crippen molar-refractivity contribution in [3.63, 3.8) is 0 Å². The van der Waals surface area contributed by atoms with Crippen LogP contribution in [0.2, 0.25) is 0 Å². The maximum atomic E-state index is 12.3. The molecular formula is C20H22N6OS. The molecule has 2 aromatic carbocycles. The molecule has 0 radical (unpaired) electrons. The number of tetrazole rings is 1. The molecule has 0 saturated carbocycles. The molecule has 0 atom stereocenters. The number of benzene rings is 2. The van der Waals surface area contributed by atoms with Gasteiger partial charge in [0.05, 0.1) is 11.4 Å². The van der Waals surface area contributed by atoms with E-state index in [0.29, 0.717) is 5.16 Å². The van der Waals surface area contributed by atoms with Gasteiger partial charge in [0, 0.05) is 24.5 Å². The Balaban J connectivity index is 1.34. The maximum Gasteiger partial charge on any atom is 0.234 e. The number of nitrogens with zero attached hydrogens (tertiary/aromatic N) is 5. The normalized spacial score (nSPS) is 13.7. The van der Waals surface area contributed by atoms with Gasteiger partial charge in [0.15, 0.2) is 0 Å². The minimum atomic E-state index is -0.0854. The summed E-state index contributed by atoms with van der Waals surface area (Å²) in [6, 6.07) is 15.9. The van der Waals surface area contributed by atoms with Gasteiger partial charge in [-0.1, -0.05) is 23.9 Å². The number of amides is 1. The van der Waals surface area contributed by atoms with E-state index in [4.69, 9.17) is 0 Å². The van der Waals surface area contributed by atoms with Gasteiger partial charge < -0.3 is 10.2 Å². The SMILES string of the molecule is Cc1cccc(-n2nnnc2SCC(=O)Nc2ccc(N3CCCC3)cc2)c1. The summed E-state index contributed by atoms with van der Waals surface area (Å²) in [5.74, 6) is 0.151. The molecule has 1 N–H and O–H groups in total. The van der Waals surface area contributed by atoms with Crippen LogP contribution in [0.1, 0.15) is 18.4 Å². The van der Waals surface area contributed by atoms with Crippen molar-refractivity contribution in [2.75, 3.05) is 29.1 Å². The van der Waals surface area contributed by atoms with E-state index < -0.39 is 0 Å². The number of nitrogens with one attached hydrogen (secondary N) is 1. The molecule has 1 amide bonds. The first-order chi connectivity index (χ1) is 13.7. The van der Waals surface area contributed by atoms with Crippen molar-refractivity contribution < 1.29 is 4.79 Å². The lowest BCUT2D eigenvalue weighted by Gasteiger charge is -2.17. The van der Waals surface area contributed by atoms with Crippen LogP contribution in [0.3, 0.4) is 0 Å². The highest BCUT2D eigenvalue weighted by Gasteiger charge is 2.14. The number of anilines is 2. The fourth-order valence-corrected chi connectivity index (χ4v) is 3.94. The number of carbonyl (C=O) groups excluding carboxylic acids is 1. The highest BCUT2D eigenvalue weighted by atomic mass is 32.2. The second kappa shape index (κ2) is 8.43. The predicted octanol–water partition coefficient (Wildman–Crippen LogP) is 3.30. The van der Waals surface area contributed by atoms with E-state index in [1.807, 2.05) is 43.3 Å². The van der Waals surface area contributed by atoms with Crippen LogP contribution in [0.25, 0.3) is 5.69 Å². The molecule has 1 saturated heterocycles. The first kappa shape index (κ1) is 18.5. The van der Waals surface area contributed by atoms with E-state index in [2.05, 4.69) is 37.9 Å². The van der Waals surface area contributed by atoms with Crippen molar-refractivity contribution in [2.24, 2.45) is 0 Å². The topological polar surface area (TPSA) is 75.9 Å². The summed E-state index contributed by atoms with van der Waals surface area (Å²) < 4.78 is 1.65. The zero-order valence-electron chi connectivity index (χ0n) is 15.7. The van der Waals surface area contributed by atoms with E-state index >= 15 is 0 Å². The Morgan fingerprint density at radius 3 is 2.64 bits per heavy atom. The van der Waals surface area contributed by atoms with Gasteiger partial charge in [0.2, 0.25) is 11.1 Å². The molecule has 0 aliphatic carbocycles. The second-order valence-electron chi connectivity index (χ2n) is 6.79. The molecular weight excluding hydrogens is 372 g/mol. The first-order valence-electron chi connectivity index (χ1n) is 9.32. The molecule has 144 valence electrons. The summed E-state index contributed by atoms with van der Waals surface area (Å²) in [6.45, 7) is 4.24. The van der Waals surface area contributed by atoms with Crippen LogP contribution >= 0.6 is 11.8 Å². The van der Waals surface area contributed by atoms with Crippen molar-refractivity contribution in [1.29, 1.82) is 0 Å². The Morgan fingerprint density at radius 1 is 1.11 bits per heavy atom. The molecule has 0 unspecified atom stereocenters. The molecule has 8 heteroatoms. The molecule has 7 nitrogen and oxygen atoms in total. The third kappa shape index (κ3) is 4.33. The van der Waals surface area contributed by atoms with E-state index in [0.717, 1.165) is 30.0 Å². The predicted molar refractivity (Wildman–Crippen MR) is 111 cm³/mol. The van der Waals surface area contributed by atoms with E-state index in [1.54, 1.807) is 4.68 Å². The molecule has 3 aromatic rings. The molecule has 1 aliphatic rings. The number of hydrogen-bond acceptors (Lipinski definition) is 6. The van der Waals surface area contributed by atoms with Gasteiger partial charge in [-0.05, 0) is 72.2 Å². The fraction of sp³-hybridized carbons (Fsp3) is 0.300. The van der Waals surface area contributed by atoms with Gasteiger partial charge in [0.25, 0.3) is 0 Å². The van der Waals surface area contributed by atoms with Crippen LogP contribution in [-0.4, -0.2) is 45.0 Å². The Labute approximate surface area is 168 Å². The number of thioether (sulfide) groups is 1. The highest BCUT2D eigenvalue weighted by Crippen LogP contribution is 2.23. The Morgan fingerprint density at radius 2 is 1.89 bits per heavy atom. The molecule has 28 heavy (non-hydrogen) atoms. The molecule has 4 rings (SSSR count). The maximum absolute atomic E-state index is 12.3. The van der Waals surface area contributed by atoms with Crippen molar-refractivity contribution in [2.45, 2.75) is 24.9 Å². The number of carbonyl (C=O) groups is 1. The van der Waals surface area contributed by atoms with Crippen LogP contribution in [0.5, 0.6) is 0 Å². The van der Waals surface area contributed by atoms with E-state index in [9.17, 15) is 4.79 Å². The molecule has 0 bridgehead atoms.